The zero-order chi connectivity index (χ0) is 14.1. The van der Waals surface area contributed by atoms with Crippen molar-refractivity contribution in [1.82, 2.24) is 15.2 Å². The molecule has 0 aliphatic heterocycles. The fourth-order valence-corrected chi connectivity index (χ4v) is 2.77. The topological polar surface area (TPSA) is 28.2 Å². The van der Waals surface area contributed by atoms with Crippen LogP contribution in [0, 0.1) is 0 Å². The number of rotatable bonds is 10. The van der Waals surface area contributed by atoms with Gasteiger partial charge in [0.05, 0.1) is 5.69 Å². The van der Waals surface area contributed by atoms with Gasteiger partial charge in [-0.05, 0) is 32.9 Å². The Balaban J connectivity index is 2.54. The van der Waals surface area contributed by atoms with Crippen LogP contribution in [0.4, 0.5) is 0 Å². The monoisotopic (exact) mass is 283 g/mol. The van der Waals surface area contributed by atoms with Crippen LogP contribution in [0.25, 0.3) is 0 Å². The molecule has 0 aromatic carbocycles. The Labute approximate surface area is 122 Å². The molecule has 1 rings (SSSR count). The summed E-state index contributed by atoms with van der Waals surface area (Å²) in [5.74, 6) is 0. The van der Waals surface area contributed by atoms with E-state index in [9.17, 15) is 0 Å². The van der Waals surface area contributed by atoms with Gasteiger partial charge in [-0.25, -0.2) is 4.98 Å². The van der Waals surface area contributed by atoms with Crippen LogP contribution >= 0.6 is 11.3 Å². The maximum Gasteiger partial charge on any atom is 0.107 e. The fraction of sp³-hybridized carbons (Fsp3) is 0.800. The van der Waals surface area contributed by atoms with Gasteiger partial charge in [-0.3, -0.25) is 4.90 Å². The van der Waals surface area contributed by atoms with Crippen molar-refractivity contribution in [3.8, 4) is 0 Å². The molecule has 3 nitrogen and oxygen atoms in total. The van der Waals surface area contributed by atoms with Gasteiger partial charge in [-0.2, -0.15) is 0 Å². The van der Waals surface area contributed by atoms with E-state index in [1.165, 1.54) is 36.5 Å². The lowest BCUT2D eigenvalue weighted by Crippen LogP contribution is -2.33. The third-order valence-electron chi connectivity index (χ3n) is 3.50. The Hall–Kier alpha value is -0.450. The molecule has 0 spiro atoms. The summed E-state index contributed by atoms with van der Waals surface area (Å²) in [6.45, 7) is 13.1. The van der Waals surface area contributed by atoms with Crippen molar-refractivity contribution in [2.45, 2.75) is 66.1 Å². The van der Waals surface area contributed by atoms with Gasteiger partial charge in [-0.15, -0.1) is 11.3 Å². The number of thiazole rings is 1. The quantitative estimate of drug-likeness (QED) is 0.710. The van der Waals surface area contributed by atoms with E-state index in [1.54, 1.807) is 11.3 Å². The van der Waals surface area contributed by atoms with Gasteiger partial charge < -0.3 is 5.32 Å². The standard InChI is InChI=1S/C15H29N3S/c1-5-8-9-18(13(4)6-2)11-14-12-19-15(17-14)10-16-7-3/h12-13,16H,5-11H2,1-4H3. The Morgan fingerprint density at radius 3 is 2.79 bits per heavy atom. The molecule has 19 heavy (non-hydrogen) atoms. The second kappa shape index (κ2) is 9.45. The first-order valence-corrected chi connectivity index (χ1v) is 8.47. The second-order valence-corrected chi connectivity index (χ2v) is 6.04. The predicted octanol–water partition coefficient (Wildman–Crippen LogP) is 3.65. The number of aromatic nitrogens is 1. The average Bonchev–Trinajstić information content (AvgIpc) is 2.87. The molecule has 1 aromatic rings. The fourth-order valence-electron chi connectivity index (χ4n) is 2.02. The van der Waals surface area contributed by atoms with Crippen molar-refractivity contribution in [1.29, 1.82) is 0 Å². The van der Waals surface area contributed by atoms with Gasteiger partial charge in [0.25, 0.3) is 0 Å². The Morgan fingerprint density at radius 2 is 2.16 bits per heavy atom. The van der Waals surface area contributed by atoms with Gasteiger partial charge in [-0.1, -0.05) is 27.2 Å². The number of hydrogen-bond donors (Lipinski definition) is 1. The van der Waals surface area contributed by atoms with Crippen LogP contribution in [-0.4, -0.2) is 29.0 Å². The molecule has 1 heterocycles. The molecule has 1 atom stereocenters. The first-order valence-electron chi connectivity index (χ1n) is 7.59. The SMILES string of the molecule is CCCCN(Cc1csc(CNCC)n1)C(C)CC. The molecule has 4 heteroatoms. The minimum atomic E-state index is 0.644. The molecule has 110 valence electrons. The van der Waals surface area contributed by atoms with Crippen LogP contribution in [0.3, 0.4) is 0 Å². The van der Waals surface area contributed by atoms with Crippen molar-refractivity contribution in [3.63, 3.8) is 0 Å². The summed E-state index contributed by atoms with van der Waals surface area (Å²) < 4.78 is 0. The minimum absolute atomic E-state index is 0.644. The molecular weight excluding hydrogens is 254 g/mol. The molecule has 1 N–H and O–H groups in total. The van der Waals surface area contributed by atoms with Crippen molar-refractivity contribution in [2.75, 3.05) is 13.1 Å². The summed E-state index contributed by atoms with van der Waals surface area (Å²) in [5, 5.41) is 6.76. The summed E-state index contributed by atoms with van der Waals surface area (Å²) >= 11 is 1.77. The number of nitrogens with one attached hydrogen (secondary N) is 1. The second-order valence-electron chi connectivity index (χ2n) is 5.09. The Kier molecular flexibility index (Phi) is 8.26. The van der Waals surface area contributed by atoms with Crippen LogP contribution in [0.2, 0.25) is 0 Å². The number of hydrogen-bond acceptors (Lipinski definition) is 4. The molecule has 0 aliphatic carbocycles. The van der Waals surface area contributed by atoms with Crippen molar-refractivity contribution in [2.24, 2.45) is 0 Å². The number of nitrogens with zero attached hydrogens (tertiary/aromatic N) is 2. The summed E-state index contributed by atoms with van der Waals surface area (Å²) in [6, 6.07) is 0.644. The third-order valence-corrected chi connectivity index (χ3v) is 4.40. The van der Waals surface area contributed by atoms with E-state index in [4.69, 9.17) is 4.98 Å². The van der Waals surface area contributed by atoms with Gasteiger partial charge in [0, 0.05) is 24.5 Å². The summed E-state index contributed by atoms with van der Waals surface area (Å²) in [7, 11) is 0. The average molecular weight is 283 g/mol. The first-order chi connectivity index (χ1) is 9.21. The molecular formula is C15H29N3S. The van der Waals surface area contributed by atoms with Crippen molar-refractivity contribution in [3.05, 3.63) is 16.1 Å². The van der Waals surface area contributed by atoms with E-state index in [-0.39, 0.29) is 0 Å². The molecule has 1 aromatic heterocycles. The minimum Gasteiger partial charge on any atom is -0.311 e. The zero-order valence-corrected chi connectivity index (χ0v) is 13.7. The van der Waals surface area contributed by atoms with Crippen LogP contribution in [0.15, 0.2) is 5.38 Å². The summed E-state index contributed by atoms with van der Waals surface area (Å²) in [6.07, 6.45) is 3.74. The highest BCUT2D eigenvalue weighted by Crippen LogP contribution is 2.15. The number of unbranched alkanes of at least 4 members (excludes halogenated alkanes) is 1. The Bertz CT molecular complexity index is 338. The highest BCUT2D eigenvalue weighted by Gasteiger charge is 2.13. The maximum absolute atomic E-state index is 4.73. The van der Waals surface area contributed by atoms with Gasteiger partial charge in [0.15, 0.2) is 0 Å². The van der Waals surface area contributed by atoms with E-state index in [2.05, 4.69) is 43.3 Å². The zero-order valence-electron chi connectivity index (χ0n) is 12.9. The summed E-state index contributed by atoms with van der Waals surface area (Å²) in [4.78, 5) is 7.29. The molecule has 0 fully saturated rings. The third kappa shape index (κ3) is 6.02. The lowest BCUT2D eigenvalue weighted by atomic mass is 10.2. The molecule has 0 saturated carbocycles. The Morgan fingerprint density at radius 1 is 1.37 bits per heavy atom. The maximum atomic E-state index is 4.73. The van der Waals surface area contributed by atoms with Crippen LogP contribution in [0.5, 0.6) is 0 Å². The van der Waals surface area contributed by atoms with Crippen molar-refractivity contribution < 1.29 is 0 Å². The van der Waals surface area contributed by atoms with Gasteiger partial charge in [0.1, 0.15) is 5.01 Å². The van der Waals surface area contributed by atoms with Gasteiger partial charge in [0.2, 0.25) is 0 Å². The molecule has 0 aliphatic rings. The predicted molar refractivity (Wildman–Crippen MR) is 84.6 cm³/mol. The van der Waals surface area contributed by atoms with E-state index in [0.29, 0.717) is 6.04 Å². The van der Waals surface area contributed by atoms with Crippen molar-refractivity contribution >= 4 is 11.3 Å². The summed E-state index contributed by atoms with van der Waals surface area (Å²) in [5.41, 5.74) is 1.23. The van der Waals surface area contributed by atoms with E-state index in [1.807, 2.05) is 0 Å². The van der Waals surface area contributed by atoms with E-state index >= 15 is 0 Å². The normalized spacial score (nSPS) is 13.1. The van der Waals surface area contributed by atoms with Crippen LogP contribution in [0.1, 0.15) is 57.7 Å². The molecule has 0 radical (unpaired) electrons. The first kappa shape index (κ1) is 16.6. The van der Waals surface area contributed by atoms with Crippen LogP contribution < -0.4 is 5.32 Å². The molecule has 0 bridgehead atoms. The highest BCUT2D eigenvalue weighted by molar-refractivity contribution is 7.09. The largest absolute Gasteiger partial charge is 0.311 e. The lowest BCUT2D eigenvalue weighted by molar-refractivity contribution is 0.190. The molecule has 0 saturated heterocycles. The van der Waals surface area contributed by atoms with E-state index < -0.39 is 0 Å². The lowest BCUT2D eigenvalue weighted by Gasteiger charge is -2.27. The highest BCUT2D eigenvalue weighted by atomic mass is 32.1. The smallest absolute Gasteiger partial charge is 0.107 e. The van der Waals surface area contributed by atoms with Crippen LogP contribution in [-0.2, 0) is 13.1 Å². The molecule has 1 unspecified atom stereocenters. The molecule has 0 amide bonds. The van der Waals surface area contributed by atoms with E-state index in [0.717, 1.165) is 19.6 Å². The van der Waals surface area contributed by atoms with Gasteiger partial charge >= 0.3 is 0 Å².